The summed E-state index contributed by atoms with van der Waals surface area (Å²) in [6, 6.07) is 20.3. The van der Waals surface area contributed by atoms with Crippen LogP contribution in [0.4, 0.5) is 0 Å². The maximum Gasteiger partial charge on any atom is 0.236 e. The topological polar surface area (TPSA) is 31.4 Å². The molecule has 1 atom stereocenters. The number of aromatic nitrogens is 1. The van der Waals surface area contributed by atoms with Crippen LogP contribution in [0.2, 0.25) is 0 Å². The van der Waals surface area contributed by atoms with E-state index in [9.17, 15) is 0 Å². The first-order valence-corrected chi connectivity index (χ1v) is 7.61. The van der Waals surface area contributed by atoms with Crippen molar-refractivity contribution in [3.05, 3.63) is 77.5 Å². The molecule has 0 saturated heterocycles. The minimum Gasteiger partial charge on any atom is -0.456 e. The van der Waals surface area contributed by atoms with Crippen molar-refractivity contribution in [2.75, 3.05) is 7.11 Å². The highest BCUT2D eigenvalue weighted by molar-refractivity contribution is 5.86. The standard InChI is InChI=1S/C20H17NO2/c1-20(22-2)16-13-15-10-6-7-11-17(15)21-19(16)18(23-20)12-14-8-4-3-5-9-14/h3-13H,1-2H3/b18-12-. The monoisotopic (exact) mass is 303 g/mol. The minimum absolute atomic E-state index is 0.737. The second-order valence-electron chi connectivity index (χ2n) is 5.75. The second-order valence-corrected chi connectivity index (χ2v) is 5.75. The molecule has 3 heteroatoms. The van der Waals surface area contributed by atoms with E-state index in [0.717, 1.165) is 33.5 Å². The van der Waals surface area contributed by atoms with Gasteiger partial charge in [-0.1, -0.05) is 48.5 Å². The zero-order chi connectivity index (χ0) is 15.9. The normalized spacial score (nSPS) is 21.4. The summed E-state index contributed by atoms with van der Waals surface area (Å²) in [5.41, 5.74) is 3.83. The smallest absolute Gasteiger partial charge is 0.236 e. The largest absolute Gasteiger partial charge is 0.456 e. The summed E-state index contributed by atoms with van der Waals surface area (Å²) < 4.78 is 11.8. The van der Waals surface area contributed by atoms with Crippen LogP contribution in [0.3, 0.4) is 0 Å². The van der Waals surface area contributed by atoms with Crippen molar-refractivity contribution in [2.24, 2.45) is 0 Å². The summed E-state index contributed by atoms with van der Waals surface area (Å²) in [6.45, 7) is 1.92. The minimum atomic E-state index is -0.813. The van der Waals surface area contributed by atoms with Gasteiger partial charge in [0.15, 0.2) is 0 Å². The van der Waals surface area contributed by atoms with Crippen molar-refractivity contribution in [2.45, 2.75) is 12.7 Å². The van der Waals surface area contributed by atoms with Crippen LogP contribution in [0.25, 0.3) is 22.7 Å². The van der Waals surface area contributed by atoms with Crippen molar-refractivity contribution in [1.29, 1.82) is 0 Å². The van der Waals surface area contributed by atoms with Gasteiger partial charge in [0.25, 0.3) is 0 Å². The van der Waals surface area contributed by atoms with Gasteiger partial charge >= 0.3 is 0 Å². The molecule has 3 aromatic rings. The molecular formula is C20H17NO2. The summed E-state index contributed by atoms with van der Waals surface area (Å²) in [6.07, 6.45) is 2.00. The van der Waals surface area contributed by atoms with Gasteiger partial charge in [0.2, 0.25) is 5.79 Å². The zero-order valence-electron chi connectivity index (χ0n) is 13.1. The van der Waals surface area contributed by atoms with Crippen LogP contribution in [0.15, 0.2) is 60.7 Å². The van der Waals surface area contributed by atoms with Crippen LogP contribution < -0.4 is 0 Å². The number of methoxy groups -OCH3 is 1. The Balaban J connectivity index is 1.93. The Morgan fingerprint density at radius 2 is 1.78 bits per heavy atom. The second kappa shape index (κ2) is 5.21. The van der Waals surface area contributed by atoms with Crippen LogP contribution in [0, 0.1) is 0 Å². The van der Waals surface area contributed by atoms with Crippen LogP contribution >= 0.6 is 0 Å². The maximum atomic E-state index is 6.12. The van der Waals surface area contributed by atoms with Crippen LogP contribution in [-0.2, 0) is 15.3 Å². The number of rotatable bonds is 2. The van der Waals surface area contributed by atoms with E-state index < -0.39 is 5.79 Å². The van der Waals surface area contributed by atoms with Crippen molar-refractivity contribution >= 4 is 22.7 Å². The molecule has 3 nitrogen and oxygen atoms in total. The molecule has 0 N–H and O–H groups in total. The first-order chi connectivity index (χ1) is 11.2. The SMILES string of the molecule is COC1(C)O/C(=C\c2ccccc2)c2nc3ccccc3cc21. The fraction of sp³-hybridized carbons (Fsp3) is 0.150. The van der Waals surface area contributed by atoms with Gasteiger partial charge in [-0.05, 0) is 23.8 Å². The molecule has 1 unspecified atom stereocenters. The molecule has 0 aliphatic carbocycles. The number of para-hydroxylation sites is 1. The summed E-state index contributed by atoms with van der Waals surface area (Å²) in [7, 11) is 1.66. The van der Waals surface area contributed by atoms with Gasteiger partial charge < -0.3 is 9.47 Å². The predicted octanol–water partition coefficient (Wildman–Crippen LogP) is 4.58. The lowest BCUT2D eigenvalue weighted by atomic mass is 10.0. The Hall–Kier alpha value is -2.65. The molecular weight excluding hydrogens is 286 g/mol. The van der Waals surface area contributed by atoms with Crippen molar-refractivity contribution in [3.8, 4) is 0 Å². The van der Waals surface area contributed by atoms with Gasteiger partial charge in [0.1, 0.15) is 11.5 Å². The highest BCUT2D eigenvalue weighted by atomic mass is 16.7. The molecule has 4 rings (SSSR count). The Labute approximate surface area is 135 Å². The van der Waals surface area contributed by atoms with Crippen LogP contribution in [0.5, 0.6) is 0 Å². The summed E-state index contributed by atoms with van der Waals surface area (Å²) in [5.74, 6) is -0.0752. The Bertz CT molecular complexity index is 902. The molecule has 0 bridgehead atoms. The molecule has 114 valence electrons. The van der Waals surface area contributed by atoms with E-state index in [0.29, 0.717) is 0 Å². The van der Waals surface area contributed by atoms with Crippen LogP contribution in [0.1, 0.15) is 23.7 Å². The lowest BCUT2D eigenvalue weighted by molar-refractivity contribution is -0.165. The van der Waals surface area contributed by atoms with Gasteiger partial charge in [0.05, 0.1) is 11.1 Å². The maximum absolute atomic E-state index is 6.12. The highest BCUT2D eigenvalue weighted by Crippen LogP contribution is 2.44. The first kappa shape index (κ1) is 14.0. The number of benzene rings is 2. The molecule has 2 heterocycles. The summed E-state index contributed by atoms with van der Waals surface area (Å²) in [5, 5.41) is 1.08. The van der Waals surface area contributed by atoms with Gasteiger partial charge in [-0.25, -0.2) is 4.98 Å². The fourth-order valence-corrected chi connectivity index (χ4v) is 2.91. The summed E-state index contributed by atoms with van der Waals surface area (Å²) in [4.78, 5) is 4.80. The number of hydrogen-bond acceptors (Lipinski definition) is 3. The molecule has 1 aliphatic rings. The molecule has 1 aromatic heterocycles. The van der Waals surface area contributed by atoms with Crippen molar-refractivity contribution < 1.29 is 9.47 Å². The predicted molar refractivity (Wildman–Crippen MR) is 91.5 cm³/mol. The number of nitrogens with zero attached hydrogens (tertiary/aromatic N) is 1. The van der Waals surface area contributed by atoms with Crippen molar-refractivity contribution in [3.63, 3.8) is 0 Å². The Kier molecular flexibility index (Phi) is 3.17. The van der Waals surface area contributed by atoms with Crippen LogP contribution in [-0.4, -0.2) is 12.1 Å². The lowest BCUT2D eigenvalue weighted by Gasteiger charge is -2.22. The molecule has 23 heavy (non-hydrogen) atoms. The van der Waals surface area contributed by atoms with Gasteiger partial charge in [-0.15, -0.1) is 0 Å². The number of pyridine rings is 1. The Morgan fingerprint density at radius 3 is 2.57 bits per heavy atom. The molecule has 2 aromatic carbocycles. The molecule has 0 fully saturated rings. The molecule has 0 spiro atoms. The average molecular weight is 303 g/mol. The van der Waals surface area contributed by atoms with E-state index in [1.165, 1.54) is 0 Å². The Morgan fingerprint density at radius 1 is 1.04 bits per heavy atom. The molecule has 0 saturated carbocycles. The summed E-state index contributed by atoms with van der Waals surface area (Å²) >= 11 is 0. The third-order valence-corrected chi connectivity index (χ3v) is 4.24. The molecule has 0 amide bonds. The van der Waals surface area contributed by atoms with E-state index in [1.807, 2.05) is 61.5 Å². The fourth-order valence-electron chi connectivity index (χ4n) is 2.91. The average Bonchev–Trinajstić information content (AvgIpc) is 2.86. The van der Waals surface area contributed by atoms with E-state index in [1.54, 1.807) is 7.11 Å². The first-order valence-electron chi connectivity index (χ1n) is 7.61. The molecule has 0 radical (unpaired) electrons. The van der Waals surface area contributed by atoms with E-state index in [2.05, 4.69) is 12.1 Å². The number of ether oxygens (including phenoxy) is 2. The highest BCUT2D eigenvalue weighted by Gasteiger charge is 2.41. The third kappa shape index (κ3) is 2.30. The number of fused-ring (bicyclic) bond motifs is 2. The zero-order valence-corrected chi connectivity index (χ0v) is 13.1. The van der Waals surface area contributed by atoms with Gasteiger partial charge in [0, 0.05) is 19.4 Å². The van der Waals surface area contributed by atoms with Gasteiger partial charge in [-0.3, -0.25) is 0 Å². The van der Waals surface area contributed by atoms with Gasteiger partial charge in [-0.2, -0.15) is 0 Å². The van der Waals surface area contributed by atoms with E-state index in [4.69, 9.17) is 14.5 Å². The number of hydrogen-bond donors (Lipinski definition) is 0. The van der Waals surface area contributed by atoms with E-state index in [-0.39, 0.29) is 0 Å². The quantitative estimate of drug-likeness (QED) is 0.694. The van der Waals surface area contributed by atoms with E-state index >= 15 is 0 Å². The third-order valence-electron chi connectivity index (χ3n) is 4.24. The lowest BCUT2D eigenvalue weighted by Crippen LogP contribution is -2.22. The molecule has 1 aliphatic heterocycles. The van der Waals surface area contributed by atoms with Crippen molar-refractivity contribution in [1.82, 2.24) is 4.98 Å².